The van der Waals surface area contributed by atoms with Gasteiger partial charge in [-0.3, -0.25) is 4.79 Å². The summed E-state index contributed by atoms with van der Waals surface area (Å²) in [5, 5.41) is 11.8. The van der Waals surface area contributed by atoms with E-state index in [-0.39, 0.29) is 11.9 Å². The maximum atomic E-state index is 12.4. The lowest BCUT2D eigenvalue weighted by Crippen LogP contribution is -2.48. The second-order valence-electron chi connectivity index (χ2n) is 5.29. The third-order valence-corrected chi connectivity index (χ3v) is 3.71. The molecule has 5 heteroatoms. The van der Waals surface area contributed by atoms with E-state index in [1.54, 1.807) is 12.1 Å². The first kappa shape index (κ1) is 14.3. The number of carbonyl (C=O) groups excluding carboxylic acids is 1. The van der Waals surface area contributed by atoms with Gasteiger partial charge in [0.15, 0.2) is 0 Å². The van der Waals surface area contributed by atoms with E-state index < -0.39 is 0 Å². The van der Waals surface area contributed by atoms with Gasteiger partial charge in [-0.1, -0.05) is 0 Å². The van der Waals surface area contributed by atoms with E-state index in [1.165, 1.54) is 12.6 Å². The summed E-state index contributed by atoms with van der Waals surface area (Å²) in [5.41, 5.74) is 0.513. The van der Waals surface area contributed by atoms with Crippen LogP contribution >= 0.6 is 0 Å². The minimum atomic E-state index is -0.309. The Morgan fingerprint density at radius 1 is 1.55 bits per heavy atom. The summed E-state index contributed by atoms with van der Waals surface area (Å²) in [5.74, 6) is 0.734. The number of likely N-dealkylation sites (tertiary alicyclic amines) is 1. The van der Waals surface area contributed by atoms with Crippen molar-refractivity contribution in [2.24, 2.45) is 0 Å². The molecule has 2 atom stereocenters. The molecule has 0 bridgehead atoms. The minimum absolute atomic E-state index is 0.114. The molecule has 1 N–H and O–H groups in total. The monoisotopic (exact) mass is 272 g/mol. The zero-order valence-corrected chi connectivity index (χ0v) is 12.0. The molecule has 106 valence electrons. The van der Waals surface area contributed by atoms with Crippen LogP contribution in [0.2, 0.25) is 0 Å². The first-order chi connectivity index (χ1) is 9.61. The molecule has 2 rings (SSSR count). The van der Waals surface area contributed by atoms with Crippen LogP contribution in [0, 0.1) is 11.3 Å². The number of hydrogen-bond acceptors (Lipinski definition) is 4. The van der Waals surface area contributed by atoms with Gasteiger partial charge in [-0.05, 0) is 45.2 Å². The number of hydrogen-bond donors (Lipinski definition) is 1. The van der Waals surface area contributed by atoms with Crippen molar-refractivity contribution in [2.45, 2.75) is 45.2 Å². The second-order valence-corrected chi connectivity index (χ2v) is 5.29. The molecule has 0 aliphatic carbocycles. The Labute approximate surface area is 119 Å². The number of piperidine rings is 1. The van der Waals surface area contributed by atoms with E-state index in [0.29, 0.717) is 17.4 Å². The van der Waals surface area contributed by atoms with Crippen LogP contribution in [-0.4, -0.2) is 34.4 Å². The molecular weight excluding hydrogens is 252 g/mol. The highest BCUT2D eigenvalue weighted by molar-refractivity contribution is 5.84. The molecule has 1 aromatic heterocycles. The normalized spacial score (nSPS) is 20.1. The van der Waals surface area contributed by atoms with Crippen LogP contribution in [0.4, 0.5) is 5.82 Å². The van der Waals surface area contributed by atoms with Crippen molar-refractivity contribution in [1.82, 2.24) is 9.88 Å². The highest BCUT2D eigenvalue weighted by Gasteiger charge is 2.26. The molecule has 2 heterocycles. The van der Waals surface area contributed by atoms with Gasteiger partial charge in [-0.15, -0.1) is 0 Å². The summed E-state index contributed by atoms with van der Waals surface area (Å²) in [7, 11) is 0. The third kappa shape index (κ3) is 3.27. The fourth-order valence-corrected chi connectivity index (χ4v) is 2.50. The Bertz CT molecular complexity index is 506. The van der Waals surface area contributed by atoms with E-state index in [2.05, 4.69) is 17.2 Å². The molecule has 20 heavy (non-hydrogen) atoms. The number of nitrogens with one attached hydrogen (secondary N) is 1. The number of nitriles is 1. The number of carbonyl (C=O) groups is 1. The standard InChI is InChI=1S/C15H20N4O/c1-11-5-3-4-8-19(11)15(20)12(2)18-14-7-6-13(9-16)10-17-14/h6-7,10-12H,3-5,8H2,1-2H3,(H,17,18). The molecule has 0 aromatic carbocycles. The molecule has 1 amide bonds. The number of pyridine rings is 1. The zero-order valence-electron chi connectivity index (χ0n) is 12.0. The van der Waals surface area contributed by atoms with Crippen LogP contribution in [0.3, 0.4) is 0 Å². The van der Waals surface area contributed by atoms with E-state index in [1.807, 2.05) is 17.9 Å². The topological polar surface area (TPSA) is 69.0 Å². The first-order valence-electron chi connectivity index (χ1n) is 7.05. The van der Waals surface area contributed by atoms with Crippen LogP contribution in [0.15, 0.2) is 18.3 Å². The van der Waals surface area contributed by atoms with Crippen molar-refractivity contribution in [3.8, 4) is 6.07 Å². The van der Waals surface area contributed by atoms with Crippen LogP contribution in [0.1, 0.15) is 38.7 Å². The van der Waals surface area contributed by atoms with Crippen LogP contribution in [0.5, 0.6) is 0 Å². The largest absolute Gasteiger partial charge is 0.359 e. The Hall–Kier alpha value is -2.09. The first-order valence-corrected chi connectivity index (χ1v) is 7.05. The van der Waals surface area contributed by atoms with Crippen molar-refractivity contribution in [1.29, 1.82) is 5.26 Å². The van der Waals surface area contributed by atoms with Crippen LogP contribution in [-0.2, 0) is 4.79 Å². The minimum Gasteiger partial charge on any atom is -0.359 e. The van der Waals surface area contributed by atoms with E-state index >= 15 is 0 Å². The van der Waals surface area contributed by atoms with Gasteiger partial charge < -0.3 is 10.2 Å². The van der Waals surface area contributed by atoms with Gasteiger partial charge in [0.25, 0.3) is 0 Å². The van der Waals surface area contributed by atoms with Gasteiger partial charge in [-0.2, -0.15) is 5.26 Å². The van der Waals surface area contributed by atoms with Crippen molar-refractivity contribution in [2.75, 3.05) is 11.9 Å². The number of rotatable bonds is 3. The molecular formula is C15H20N4O. The maximum Gasteiger partial charge on any atom is 0.245 e. The molecule has 1 aliphatic heterocycles. The zero-order chi connectivity index (χ0) is 14.5. The molecule has 2 unspecified atom stereocenters. The molecule has 1 aliphatic rings. The molecule has 0 radical (unpaired) electrons. The lowest BCUT2D eigenvalue weighted by Gasteiger charge is -2.35. The fourth-order valence-electron chi connectivity index (χ4n) is 2.50. The Kier molecular flexibility index (Phi) is 4.57. The molecule has 1 fully saturated rings. The van der Waals surface area contributed by atoms with Crippen molar-refractivity contribution >= 4 is 11.7 Å². The molecule has 1 aromatic rings. The maximum absolute atomic E-state index is 12.4. The highest BCUT2D eigenvalue weighted by Crippen LogP contribution is 2.18. The fraction of sp³-hybridized carbons (Fsp3) is 0.533. The van der Waals surface area contributed by atoms with Gasteiger partial charge in [0, 0.05) is 18.8 Å². The Balaban J connectivity index is 1.98. The van der Waals surface area contributed by atoms with Gasteiger partial charge >= 0.3 is 0 Å². The number of anilines is 1. The average molecular weight is 272 g/mol. The van der Waals surface area contributed by atoms with Crippen molar-refractivity contribution < 1.29 is 4.79 Å². The quantitative estimate of drug-likeness (QED) is 0.915. The van der Waals surface area contributed by atoms with Gasteiger partial charge in [0.2, 0.25) is 5.91 Å². The summed E-state index contributed by atoms with van der Waals surface area (Å²) in [6.07, 6.45) is 4.86. The SMILES string of the molecule is CC(Nc1ccc(C#N)cn1)C(=O)N1CCCCC1C. The lowest BCUT2D eigenvalue weighted by molar-refractivity contribution is -0.134. The summed E-state index contributed by atoms with van der Waals surface area (Å²) in [4.78, 5) is 18.5. The van der Waals surface area contributed by atoms with Gasteiger partial charge in [0.05, 0.1) is 5.56 Å². The summed E-state index contributed by atoms with van der Waals surface area (Å²) < 4.78 is 0. The smallest absolute Gasteiger partial charge is 0.245 e. The van der Waals surface area contributed by atoms with E-state index in [0.717, 1.165) is 19.4 Å². The average Bonchev–Trinajstić information content (AvgIpc) is 2.48. The predicted octanol–water partition coefficient (Wildman–Crippen LogP) is 2.15. The second kappa shape index (κ2) is 6.38. The van der Waals surface area contributed by atoms with Crippen LogP contribution < -0.4 is 5.32 Å². The van der Waals surface area contributed by atoms with Gasteiger partial charge in [-0.25, -0.2) is 4.98 Å². The van der Waals surface area contributed by atoms with E-state index in [9.17, 15) is 4.79 Å². The molecule has 5 nitrogen and oxygen atoms in total. The van der Waals surface area contributed by atoms with Crippen LogP contribution in [0.25, 0.3) is 0 Å². The Morgan fingerprint density at radius 2 is 2.35 bits per heavy atom. The van der Waals surface area contributed by atoms with Gasteiger partial charge in [0.1, 0.15) is 17.9 Å². The number of nitrogens with zero attached hydrogens (tertiary/aromatic N) is 3. The Morgan fingerprint density at radius 3 is 2.95 bits per heavy atom. The highest BCUT2D eigenvalue weighted by atomic mass is 16.2. The number of aromatic nitrogens is 1. The predicted molar refractivity (Wildman–Crippen MR) is 77.1 cm³/mol. The molecule has 0 spiro atoms. The van der Waals surface area contributed by atoms with E-state index in [4.69, 9.17) is 5.26 Å². The number of amides is 1. The summed E-state index contributed by atoms with van der Waals surface area (Å²) in [6, 6.07) is 5.44. The summed E-state index contributed by atoms with van der Waals surface area (Å²) in [6.45, 7) is 4.79. The summed E-state index contributed by atoms with van der Waals surface area (Å²) >= 11 is 0. The molecule has 1 saturated heterocycles. The van der Waals surface area contributed by atoms with Crippen molar-refractivity contribution in [3.05, 3.63) is 23.9 Å². The van der Waals surface area contributed by atoms with Crippen molar-refractivity contribution in [3.63, 3.8) is 0 Å². The lowest BCUT2D eigenvalue weighted by atomic mass is 10.0. The third-order valence-electron chi connectivity index (χ3n) is 3.71. The molecule has 0 saturated carbocycles.